The largest absolute Gasteiger partial charge is 0.478 e. The molecule has 0 atom stereocenters. The molecule has 7 nitrogen and oxygen atoms in total. The zero-order chi connectivity index (χ0) is 17.5. The summed E-state index contributed by atoms with van der Waals surface area (Å²) in [4.78, 5) is 24.4. The van der Waals surface area contributed by atoms with Gasteiger partial charge >= 0.3 is 5.95 Å². The van der Waals surface area contributed by atoms with Crippen LogP contribution in [0.15, 0.2) is 37.2 Å². The van der Waals surface area contributed by atoms with Crippen molar-refractivity contribution in [2.24, 2.45) is 10.2 Å². The third-order valence-corrected chi connectivity index (χ3v) is 3.77. The van der Waals surface area contributed by atoms with Gasteiger partial charge in [0.2, 0.25) is 5.78 Å². The molecular formula is C16H19N3O4. The summed E-state index contributed by atoms with van der Waals surface area (Å²) in [7, 11) is 0. The van der Waals surface area contributed by atoms with E-state index in [1.54, 1.807) is 13.8 Å². The lowest BCUT2D eigenvalue weighted by atomic mass is 9.90. The van der Waals surface area contributed by atoms with E-state index in [2.05, 4.69) is 15.4 Å². The summed E-state index contributed by atoms with van der Waals surface area (Å²) < 4.78 is 4.75. The van der Waals surface area contributed by atoms with E-state index in [0.717, 1.165) is 0 Å². The number of rotatable bonds is 2. The number of Topliss-reactive ketones (excluding diaryl/α,β-unsaturated/α-hetero) is 2. The topological polar surface area (TPSA) is 105 Å². The van der Waals surface area contributed by atoms with Crippen LogP contribution in [0.1, 0.15) is 47.2 Å². The Bertz CT molecular complexity index is 789. The van der Waals surface area contributed by atoms with Gasteiger partial charge in [-0.05, 0) is 20.8 Å². The Labute approximate surface area is 133 Å². The maximum absolute atomic E-state index is 12.3. The summed E-state index contributed by atoms with van der Waals surface area (Å²) in [6.45, 7) is 10.3. The summed E-state index contributed by atoms with van der Waals surface area (Å²) in [5.41, 5.74) is 1.00. The van der Waals surface area contributed by atoms with E-state index < -0.39 is 11.4 Å². The normalized spacial score (nSPS) is 17.0. The minimum Gasteiger partial charge on any atom is -0.478 e. The van der Waals surface area contributed by atoms with Crippen LogP contribution in [0.25, 0.3) is 0 Å². The Morgan fingerprint density at radius 3 is 2.09 bits per heavy atom. The molecule has 1 aliphatic rings. The molecule has 1 heterocycles. The minimum absolute atomic E-state index is 0.0291. The van der Waals surface area contributed by atoms with Gasteiger partial charge in [-0.25, -0.2) is 0 Å². The lowest BCUT2D eigenvalue weighted by Gasteiger charge is -2.15. The monoisotopic (exact) mass is 317 g/mol. The molecule has 0 saturated carbocycles. The predicted octanol–water partition coefficient (Wildman–Crippen LogP) is 3.52. The molecule has 23 heavy (non-hydrogen) atoms. The number of allylic oxidation sites excluding steroid dienone is 3. The van der Waals surface area contributed by atoms with Crippen molar-refractivity contribution in [2.75, 3.05) is 0 Å². The number of ketones is 2. The van der Waals surface area contributed by atoms with Crippen LogP contribution in [-0.2, 0) is 15.0 Å². The Balaban J connectivity index is 2.48. The quantitative estimate of drug-likeness (QED) is 0.663. The fraction of sp³-hybridized carbons (Fsp3) is 0.438. The first kappa shape index (κ1) is 16.8. The van der Waals surface area contributed by atoms with Gasteiger partial charge in [0.05, 0.1) is 0 Å². The van der Waals surface area contributed by atoms with Gasteiger partial charge in [-0.15, -0.1) is 10.2 Å². The second-order valence-corrected chi connectivity index (χ2v) is 6.52. The molecule has 0 unspecified atom stereocenters. The Morgan fingerprint density at radius 1 is 0.957 bits per heavy atom. The number of aromatic hydroxyl groups is 1. The van der Waals surface area contributed by atoms with Crippen LogP contribution in [0.2, 0.25) is 0 Å². The van der Waals surface area contributed by atoms with Crippen molar-refractivity contribution in [1.82, 2.24) is 5.16 Å². The number of aromatic nitrogens is 1. The maximum Gasteiger partial charge on any atom is 0.337 e. The molecule has 2 rings (SSSR count). The molecule has 0 aliphatic heterocycles. The molecule has 1 aromatic heterocycles. The molecule has 122 valence electrons. The molecule has 0 spiro atoms. The van der Waals surface area contributed by atoms with Crippen molar-refractivity contribution >= 4 is 17.3 Å². The van der Waals surface area contributed by atoms with E-state index in [4.69, 9.17) is 4.52 Å². The maximum atomic E-state index is 12.3. The smallest absolute Gasteiger partial charge is 0.337 e. The highest BCUT2D eigenvalue weighted by Crippen LogP contribution is 2.38. The first-order valence-corrected chi connectivity index (χ1v) is 7.14. The van der Waals surface area contributed by atoms with Crippen molar-refractivity contribution < 1.29 is 19.2 Å². The molecular weight excluding hydrogens is 298 g/mol. The van der Waals surface area contributed by atoms with Gasteiger partial charge in [0, 0.05) is 22.1 Å². The van der Waals surface area contributed by atoms with Crippen molar-refractivity contribution in [2.45, 2.75) is 47.0 Å². The molecule has 0 aromatic carbocycles. The summed E-state index contributed by atoms with van der Waals surface area (Å²) in [6, 6.07) is 0. The second-order valence-electron chi connectivity index (χ2n) is 6.52. The highest BCUT2D eigenvalue weighted by atomic mass is 16.5. The standard InChI is InChI=1S/C16H19N3O4/c1-7-8(2)13(21)10(9(3)12(7)20)17-18-11-14(16(4,5)6)19-23-15(11)22/h22H,1-6H3. The molecule has 1 aromatic rings. The van der Waals surface area contributed by atoms with Crippen molar-refractivity contribution in [3.8, 4) is 5.95 Å². The van der Waals surface area contributed by atoms with Gasteiger partial charge in [-0.2, -0.15) is 0 Å². The first-order chi connectivity index (χ1) is 10.6. The number of nitrogens with zero attached hydrogens (tertiary/aromatic N) is 3. The van der Waals surface area contributed by atoms with Crippen molar-refractivity contribution in [1.29, 1.82) is 0 Å². The van der Waals surface area contributed by atoms with E-state index in [1.165, 1.54) is 6.92 Å². The van der Waals surface area contributed by atoms with E-state index in [0.29, 0.717) is 16.8 Å². The fourth-order valence-corrected chi connectivity index (χ4v) is 2.16. The summed E-state index contributed by atoms with van der Waals surface area (Å²) >= 11 is 0. The first-order valence-electron chi connectivity index (χ1n) is 7.14. The van der Waals surface area contributed by atoms with E-state index in [-0.39, 0.29) is 28.5 Å². The Morgan fingerprint density at radius 2 is 1.52 bits per heavy atom. The predicted molar refractivity (Wildman–Crippen MR) is 82.5 cm³/mol. The van der Waals surface area contributed by atoms with Gasteiger partial charge in [0.25, 0.3) is 0 Å². The third kappa shape index (κ3) is 2.86. The van der Waals surface area contributed by atoms with Crippen LogP contribution in [0.4, 0.5) is 5.69 Å². The lowest BCUT2D eigenvalue weighted by Crippen LogP contribution is -2.19. The van der Waals surface area contributed by atoms with Gasteiger partial charge in [-0.1, -0.05) is 25.9 Å². The molecule has 7 heteroatoms. The fourth-order valence-electron chi connectivity index (χ4n) is 2.16. The van der Waals surface area contributed by atoms with E-state index in [9.17, 15) is 14.7 Å². The van der Waals surface area contributed by atoms with Gasteiger partial charge in [0.1, 0.15) is 11.4 Å². The van der Waals surface area contributed by atoms with Crippen molar-refractivity contribution in [3.05, 3.63) is 28.1 Å². The van der Waals surface area contributed by atoms with Gasteiger partial charge < -0.3 is 9.63 Å². The number of azo groups is 1. The van der Waals surface area contributed by atoms with E-state index in [1.807, 2.05) is 20.8 Å². The SMILES string of the molecule is CC1=C(C)C(=O)C(N=Nc2c(C(C)(C)C)noc2O)=C(C)C1=O. The van der Waals surface area contributed by atoms with Crippen molar-refractivity contribution in [3.63, 3.8) is 0 Å². The highest BCUT2D eigenvalue weighted by Gasteiger charge is 2.30. The average Bonchev–Trinajstić information content (AvgIpc) is 2.84. The molecule has 0 radical (unpaired) electrons. The number of hydrogen-bond acceptors (Lipinski definition) is 7. The Kier molecular flexibility index (Phi) is 4.07. The summed E-state index contributed by atoms with van der Waals surface area (Å²) in [6.07, 6.45) is 0. The van der Waals surface area contributed by atoms with E-state index >= 15 is 0 Å². The lowest BCUT2D eigenvalue weighted by molar-refractivity contribution is -0.116. The highest BCUT2D eigenvalue weighted by molar-refractivity contribution is 6.24. The molecule has 0 fully saturated rings. The van der Waals surface area contributed by atoms with Crippen LogP contribution in [0, 0.1) is 0 Å². The van der Waals surface area contributed by atoms with Crippen LogP contribution in [0.5, 0.6) is 5.95 Å². The second kappa shape index (κ2) is 5.57. The van der Waals surface area contributed by atoms with Crippen LogP contribution < -0.4 is 0 Å². The molecule has 0 saturated heterocycles. The molecule has 0 bridgehead atoms. The number of carbonyl (C=O) groups is 2. The zero-order valence-electron chi connectivity index (χ0n) is 14.0. The number of hydrogen-bond donors (Lipinski definition) is 1. The van der Waals surface area contributed by atoms with Gasteiger partial charge in [-0.3, -0.25) is 9.59 Å². The van der Waals surface area contributed by atoms with Crippen LogP contribution >= 0.6 is 0 Å². The van der Waals surface area contributed by atoms with Gasteiger partial charge in [0.15, 0.2) is 11.5 Å². The van der Waals surface area contributed by atoms with Crippen LogP contribution in [-0.4, -0.2) is 21.8 Å². The average molecular weight is 317 g/mol. The van der Waals surface area contributed by atoms with Crippen LogP contribution in [0.3, 0.4) is 0 Å². The summed E-state index contributed by atoms with van der Waals surface area (Å²) in [5.74, 6) is -1.06. The molecule has 1 N–H and O–H groups in total. The Hall–Kier alpha value is -2.57. The molecule has 0 amide bonds. The molecule has 1 aliphatic carbocycles. The third-order valence-electron chi connectivity index (χ3n) is 3.77. The summed E-state index contributed by atoms with van der Waals surface area (Å²) in [5, 5.41) is 21.3. The number of carbonyl (C=O) groups excluding carboxylic acids is 2. The zero-order valence-corrected chi connectivity index (χ0v) is 14.0. The minimum atomic E-state index is -0.477.